The third-order valence-corrected chi connectivity index (χ3v) is 3.27. The molecular formula is C12H13BrN2. The van der Waals surface area contributed by atoms with E-state index in [0.29, 0.717) is 0 Å². The first-order valence-corrected chi connectivity index (χ1v) is 6.00. The third-order valence-electron chi connectivity index (χ3n) is 2.62. The fourth-order valence-electron chi connectivity index (χ4n) is 1.50. The summed E-state index contributed by atoms with van der Waals surface area (Å²) in [7, 11) is 0. The van der Waals surface area contributed by atoms with Gasteiger partial charge in [0, 0.05) is 16.7 Å². The van der Waals surface area contributed by atoms with Crippen molar-refractivity contribution in [2.24, 2.45) is 0 Å². The van der Waals surface area contributed by atoms with E-state index in [-0.39, 0.29) is 0 Å². The smallest absolute Gasteiger partial charge is 0.0997 e. The molecule has 0 saturated carbocycles. The topological polar surface area (TPSA) is 17.8 Å². The molecule has 78 valence electrons. The summed E-state index contributed by atoms with van der Waals surface area (Å²) in [6, 6.07) is 8.48. The number of benzene rings is 1. The van der Waals surface area contributed by atoms with E-state index < -0.39 is 0 Å². The van der Waals surface area contributed by atoms with Gasteiger partial charge >= 0.3 is 0 Å². The number of hydrogen-bond acceptors (Lipinski definition) is 1. The van der Waals surface area contributed by atoms with Crippen molar-refractivity contribution >= 4 is 15.9 Å². The minimum atomic E-state index is 0.898. The van der Waals surface area contributed by atoms with E-state index in [4.69, 9.17) is 0 Å². The molecule has 0 aliphatic heterocycles. The van der Waals surface area contributed by atoms with Gasteiger partial charge in [0.05, 0.1) is 12.0 Å². The molecule has 0 aliphatic rings. The molecule has 0 N–H and O–H groups in total. The van der Waals surface area contributed by atoms with Crippen LogP contribution in [0.4, 0.5) is 0 Å². The summed E-state index contributed by atoms with van der Waals surface area (Å²) in [5.41, 5.74) is 4.73. The Labute approximate surface area is 98.1 Å². The number of aryl methyl sites for hydroxylation is 1. The van der Waals surface area contributed by atoms with Gasteiger partial charge in [-0.05, 0) is 31.5 Å². The molecule has 1 heterocycles. The van der Waals surface area contributed by atoms with E-state index >= 15 is 0 Å². The van der Waals surface area contributed by atoms with Crippen LogP contribution in [0, 0.1) is 13.8 Å². The molecule has 2 rings (SSSR count). The van der Waals surface area contributed by atoms with Crippen molar-refractivity contribution in [3.8, 4) is 5.69 Å². The first kappa shape index (κ1) is 10.4. The fourth-order valence-corrected chi connectivity index (χ4v) is 1.88. The number of aromatic nitrogens is 2. The number of halogens is 1. The van der Waals surface area contributed by atoms with E-state index in [1.165, 1.54) is 11.3 Å². The number of nitrogens with zero attached hydrogens (tertiary/aromatic N) is 2. The first-order valence-electron chi connectivity index (χ1n) is 4.88. The number of alkyl halides is 1. The Kier molecular flexibility index (Phi) is 2.91. The minimum absolute atomic E-state index is 0.898. The molecule has 0 atom stereocenters. The lowest BCUT2D eigenvalue weighted by molar-refractivity contribution is 0.999. The van der Waals surface area contributed by atoms with E-state index in [0.717, 1.165) is 16.7 Å². The second-order valence-corrected chi connectivity index (χ2v) is 4.15. The van der Waals surface area contributed by atoms with E-state index in [1.54, 1.807) is 0 Å². The van der Waals surface area contributed by atoms with Crippen molar-refractivity contribution in [1.82, 2.24) is 9.55 Å². The maximum absolute atomic E-state index is 4.29. The Bertz CT molecular complexity index is 457. The van der Waals surface area contributed by atoms with Crippen LogP contribution >= 0.6 is 15.9 Å². The summed E-state index contributed by atoms with van der Waals surface area (Å²) in [5.74, 6) is 0. The highest BCUT2D eigenvalue weighted by Gasteiger charge is 2.03. The standard InChI is InChI=1S/C12H13BrN2/c1-9-10(2)15(8-14-9)12-5-3-11(7-13)4-6-12/h3-6,8H,7H2,1-2H3. The zero-order valence-electron chi connectivity index (χ0n) is 8.87. The number of hydrogen-bond donors (Lipinski definition) is 0. The van der Waals surface area contributed by atoms with Crippen LogP contribution in [-0.4, -0.2) is 9.55 Å². The summed E-state index contributed by atoms with van der Waals surface area (Å²) in [6.07, 6.45) is 1.87. The second-order valence-electron chi connectivity index (χ2n) is 3.59. The average Bonchev–Trinajstić information content (AvgIpc) is 2.60. The van der Waals surface area contributed by atoms with Gasteiger partial charge in [-0.3, -0.25) is 0 Å². The zero-order valence-corrected chi connectivity index (χ0v) is 10.5. The molecule has 3 heteroatoms. The van der Waals surface area contributed by atoms with Crippen LogP contribution in [0.2, 0.25) is 0 Å². The Morgan fingerprint density at radius 3 is 2.33 bits per heavy atom. The summed E-state index contributed by atoms with van der Waals surface area (Å²) in [5, 5.41) is 0.898. The largest absolute Gasteiger partial charge is 0.303 e. The van der Waals surface area contributed by atoms with Crippen molar-refractivity contribution in [3.63, 3.8) is 0 Å². The highest BCUT2D eigenvalue weighted by molar-refractivity contribution is 9.08. The maximum Gasteiger partial charge on any atom is 0.0997 e. The fraction of sp³-hybridized carbons (Fsp3) is 0.250. The normalized spacial score (nSPS) is 10.6. The highest BCUT2D eigenvalue weighted by Crippen LogP contribution is 2.15. The van der Waals surface area contributed by atoms with Gasteiger partial charge in [-0.1, -0.05) is 28.1 Å². The summed E-state index contributed by atoms with van der Waals surface area (Å²) in [6.45, 7) is 4.11. The van der Waals surface area contributed by atoms with E-state index in [1.807, 2.05) is 13.3 Å². The monoisotopic (exact) mass is 264 g/mol. The second kappa shape index (κ2) is 4.19. The van der Waals surface area contributed by atoms with Crippen LogP contribution in [0.25, 0.3) is 5.69 Å². The third kappa shape index (κ3) is 1.97. The predicted molar refractivity (Wildman–Crippen MR) is 65.7 cm³/mol. The molecule has 1 aromatic carbocycles. The van der Waals surface area contributed by atoms with Crippen LogP contribution in [0.3, 0.4) is 0 Å². The van der Waals surface area contributed by atoms with Crippen LogP contribution in [0.1, 0.15) is 17.0 Å². The lowest BCUT2D eigenvalue weighted by atomic mass is 10.2. The van der Waals surface area contributed by atoms with Gasteiger partial charge in [-0.25, -0.2) is 4.98 Å². The molecule has 2 nitrogen and oxygen atoms in total. The number of imidazole rings is 1. The van der Waals surface area contributed by atoms with Gasteiger partial charge in [0.15, 0.2) is 0 Å². The van der Waals surface area contributed by atoms with Crippen molar-refractivity contribution in [2.45, 2.75) is 19.2 Å². The number of rotatable bonds is 2. The van der Waals surface area contributed by atoms with E-state index in [2.05, 4.69) is 56.7 Å². The Morgan fingerprint density at radius 2 is 1.87 bits per heavy atom. The zero-order chi connectivity index (χ0) is 10.8. The quantitative estimate of drug-likeness (QED) is 0.761. The Hall–Kier alpha value is -1.09. The molecule has 15 heavy (non-hydrogen) atoms. The molecule has 0 fully saturated rings. The van der Waals surface area contributed by atoms with Crippen LogP contribution in [0.15, 0.2) is 30.6 Å². The lowest BCUT2D eigenvalue weighted by Gasteiger charge is -2.05. The van der Waals surface area contributed by atoms with Gasteiger partial charge in [-0.2, -0.15) is 0 Å². The maximum atomic E-state index is 4.29. The van der Waals surface area contributed by atoms with Crippen LogP contribution in [0.5, 0.6) is 0 Å². The van der Waals surface area contributed by atoms with Crippen molar-refractivity contribution in [1.29, 1.82) is 0 Å². The Balaban J connectivity index is 2.41. The molecule has 0 bridgehead atoms. The van der Waals surface area contributed by atoms with Gasteiger partial charge in [-0.15, -0.1) is 0 Å². The molecule has 0 unspecified atom stereocenters. The molecular weight excluding hydrogens is 252 g/mol. The Morgan fingerprint density at radius 1 is 1.20 bits per heavy atom. The molecule has 0 radical (unpaired) electrons. The van der Waals surface area contributed by atoms with Crippen molar-refractivity contribution in [2.75, 3.05) is 0 Å². The van der Waals surface area contributed by atoms with Gasteiger partial charge < -0.3 is 4.57 Å². The average molecular weight is 265 g/mol. The van der Waals surface area contributed by atoms with Gasteiger partial charge in [0.2, 0.25) is 0 Å². The highest BCUT2D eigenvalue weighted by atomic mass is 79.9. The van der Waals surface area contributed by atoms with Gasteiger partial charge in [0.1, 0.15) is 0 Å². The molecule has 0 aliphatic carbocycles. The lowest BCUT2D eigenvalue weighted by Crippen LogP contribution is -1.95. The van der Waals surface area contributed by atoms with Crippen molar-refractivity contribution in [3.05, 3.63) is 47.5 Å². The molecule has 0 saturated heterocycles. The van der Waals surface area contributed by atoms with Crippen molar-refractivity contribution < 1.29 is 0 Å². The minimum Gasteiger partial charge on any atom is -0.303 e. The van der Waals surface area contributed by atoms with Gasteiger partial charge in [0.25, 0.3) is 0 Å². The summed E-state index contributed by atoms with van der Waals surface area (Å²) < 4.78 is 2.10. The molecule has 1 aromatic heterocycles. The molecule has 0 spiro atoms. The predicted octanol–water partition coefficient (Wildman–Crippen LogP) is 3.38. The van der Waals surface area contributed by atoms with Crippen LogP contribution < -0.4 is 0 Å². The summed E-state index contributed by atoms with van der Waals surface area (Å²) >= 11 is 3.44. The molecule has 0 amide bonds. The van der Waals surface area contributed by atoms with Crippen LogP contribution in [-0.2, 0) is 5.33 Å². The first-order chi connectivity index (χ1) is 7.22. The van der Waals surface area contributed by atoms with E-state index in [9.17, 15) is 0 Å². The SMILES string of the molecule is Cc1ncn(-c2ccc(CBr)cc2)c1C. The summed E-state index contributed by atoms with van der Waals surface area (Å²) in [4.78, 5) is 4.29. The molecule has 2 aromatic rings.